The molecule has 0 spiro atoms. The van der Waals surface area contributed by atoms with Gasteiger partial charge >= 0.3 is 0 Å². The predicted molar refractivity (Wildman–Crippen MR) is 84.8 cm³/mol. The molecule has 6 nitrogen and oxygen atoms in total. The highest BCUT2D eigenvalue weighted by molar-refractivity contribution is 5.92. The van der Waals surface area contributed by atoms with E-state index in [0.717, 1.165) is 12.8 Å². The maximum Gasteiger partial charge on any atom is 0.246 e. The van der Waals surface area contributed by atoms with Gasteiger partial charge in [0.2, 0.25) is 11.3 Å². The summed E-state index contributed by atoms with van der Waals surface area (Å²) in [6.07, 6.45) is 1.92. The fourth-order valence-electron chi connectivity index (χ4n) is 4.92. The fraction of sp³-hybridized carbons (Fsp3) is 0.474. The zero-order valence-corrected chi connectivity index (χ0v) is 13.5. The van der Waals surface area contributed by atoms with Crippen LogP contribution in [0.4, 0.5) is 0 Å². The number of rotatable bonds is 1. The molecule has 1 aliphatic carbocycles. The van der Waals surface area contributed by atoms with Gasteiger partial charge in [0.05, 0.1) is 18.2 Å². The molecular formula is C19H16N4O2. The summed E-state index contributed by atoms with van der Waals surface area (Å²) in [5, 5.41) is 33.0. The van der Waals surface area contributed by atoms with E-state index in [-0.39, 0.29) is 0 Å². The first-order valence-electron chi connectivity index (χ1n) is 8.39. The monoisotopic (exact) mass is 332 g/mol. The molecule has 2 saturated heterocycles. The molecule has 3 aliphatic rings. The minimum absolute atomic E-state index is 0.495. The zero-order chi connectivity index (χ0) is 17.7. The minimum atomic E-state index is -1.89. The maximum absolute atomic E-state index is 13.0. The van der Waals surface area contributed by atoms with Crippen LogP contribution < -0.4 is 5.32 Å². The molecule has 2 bridgehead atoms. The van der Waals surface area contributed by atoms with Gasteiger partial charge in [-0.2, -0.15) is 15.8 Å². The highest BCUT2D eigenvalue weighted by atomic mass is 16.5. The van der Waals surface area contributed by atoms with Crippen molar-refractivity contribution >= 4 is 5.91 Å². The van der Waals surface area contributed by atoms with Crippen LogP contribution >= 0.6 is 0 Å². The van der Waals surface area contributed by atoms with E-state index in [9.17, 15) is 20.6 Å². The van der Waals surface area contributed by atoms with Crippen LogP contribution in [0.2, 0.25) is 0 Å². The zero-order valence-electron chi connectivity index (χ0n) is 13.5. The molecule has 1 aromatic rings. The van der Waals surface area contributed by atoms with Gasteiger partial charge in [0.15, 0.2) is 5.41 Å². The third-order valence-corrected chi connectivity index (χ3v) is 6.03. The maximum atomic E-state index is 13.0. The molecule has 2 aliphatic heterocycles. The number of nitrogens with one attached hydrogen (secondary N) is 1. The quantitative estimate of drug-likeness (QED) is 0.848. The SMILES string of the molecule is N#CC1(C#N)[C@@H](c2ccccc2)O[C@@]23CCCC[C@H]2[C@]1(C#N)C(=O)N3. The van der Waals surface area contributed by atoms with Crippen molar-refractivity contribution in [1.29, 1.82) is 15.8 Å². The van der Waals surface area contributed by atoms with E-state index in [2.05, 4.69) is 11.4 Å². The van der Waals surface area contributed by atoms with E-state index < -0.39 is 34.5 Å². The second kappa shape index (κ2) is 5.06. The minimum Gasteiger partial charge on any atom is -0.345 e. The van der Waals surface area contributed by atoms with Crippen molar-refractivity contribution in [2.45, 2.75) is 37.5 Å². The molecule has 0 aromatic heterocycles. The molecular weight excluding hydrogens is 316 g/mol. The Kier molecular flexibility index (Phi) is 3.16. The third kappa shape index (κ3) is 1.62. The Morgan fingerprint density at radius 3 is 2.44 bits per heavy atom. The van der Waals surface area contributed by atoms with Gasteiger partial charge in [-0.05, 0) is 24.8 Å². The van der Waals surface area contributed by atoms with Gasteiger partial charge in [0.1, 0.15) is 11.8 Å². The lowest BCUT2D eigenvalue weighted by Gasteiger charge is -2.52. The van der Waals surface area contributed by atoms with E-state index in [1.807, 2.05) is 18.2 Å². The molecule has 4 rings (SSSR count). The Morgan fingerprint density at radius 2 is 1.80 bits per heavy atom. The second-order valence-corrected chi connectivity index (χ2v) is 7.00. The number of carbonyl (C=O) groups excluding carboxylic acids is 1. The first-order valence-corrected chi connectivity index (χ1v) is 8.39. The number of ether oxygens (including phenoxy) is 1. The molecule has 4 atom stereocenters. The first kappa shape index (κ1) is 15.6. The smallest absolute Gasteiger partial charge is 0.246 e. The van der Waals surface area contributed by atoms with Crippen molar-refractivity contribution in [3.8, 4) is 18.2 Å². The second-order valence-electron chi connectivity index (χ2n) is 7.00. The van der Waals surface area contributed by atoms with Crippen molar-refractivity contribution in [3.63, 3.8) is 0 Å². The summed E-state index contributed by atoms with van der Waals surface area (Å²) in [7, 11) is 0. The van der Waals surface area contributed by atoms with Crippen LogP contribution in [-0.2, 0) is 9.53 Å². The van der Waals surface area contributed by atoms with E-state index in [1.54, 1.807) is 24.3 Å². The molecule has 3 fully saturated rings. The number of amides is 1. The summed E-state index contributed by atoms with van der Waals surface area (Å²) in [5.74, 6) is -1.05. The van der Waals surface area contributed by atoms with E-state index in [4.69, 9.17) is 4.74 Å². The van der Waals surface area contributed by atoms with Gasteiger partial charge in [-0.1, -0.05) is 36.8 Å². The molecule has 2 heterocycles. The number of carbonyl (C=O) groups is 1. The van der Waals surface area contributed by atoms with Crippen molar-refractivity contribution in [2.75, 3.05) is 0 Å². The molecule has 124 valence electrons. The van der Waals surface area contributed by atoms with Crippen molar-refractivity contribution in [1.82, 2.24) is 5.32 Å². The molecule has 25 heavy (non-hydrogen) atoms. The summed E-state index contributed by atoms with van der Waals surface area (Å²) >= 11 is 0. The number of hydrogen-bond donors (Lipinski definition) is 1. The number of hydrogen-bond acceptors (Lipinski definition) is 5. The van der Waals surface area contributed by atoms with Crippen LogP contribution in [-0.4, -0.2) is 11.6 Å². The van der Waals surface area contributed by atoms with Gasteiger partial charge in [-0.25, -0.2) is 0 Å². The molecule has 6 heteroatoms. The Balaban J connectivity index is 2.01. The van der Waals surface area contributed by atoms with Crippen LogP contribution in [0.1, 0.15) is 37.4 Å². The van der Waals surface area contributed by atoms with E-state index >= 15 is 0 Å². The van der Waals surface area contributed by atoms with Crippen molar-refractivity contribution < 1.29 is 9.53 Å². The fourth-order valence-corrected chi connectivity index (χ4v) is 4.92. The van der Waals surface area contributed by atoms with E-state index in [1.165, 1.54) is 0 Å². The van der Waals surface area contributed by atoms with Gasteiger partial charge in [-0.15, -0.1) is 0 Å². The highest BCUT2D eigenvalue weighted by Crippen LogP contribution is 2.67. The summed E-state index contributed by atoms with van der Waals surface area (Å²) in [4.78, 5) is 13.0. The molecule has 0 radical (unpaired) electrons. The van der Waals surface area contributed by atoms with Crippen LogP contribution in [0.15, 0.2) is 30.3 Å². The number of benzene rings is 1. The highest BCUT2D eigenvalue weighted by Gasteiger charge is 2.80. The topological polar surface area (TPSA) is 110 Å². The van der Waals surface area contributed by atoms with Crippen molar-refractivity contribution in [3.05, 3.63) is 35.9 Å². The molecule has 1 N–H and O–H groups in total. The van der Waals surface area contributed by atoms with Crippen LogP contribution in [0.3, 0.4) is 0 Å². The summed E-state index contributed by atoms with van der Waals surface area (Å²) in [6, 6.07) is 15.1. The van der Waals surface area contributed by atoms with Gasteiger partial charge in [0, 0.05) is 5.92 Å². The predicted octanol–water partition coefficient (Wildman–Crippen LogP) is 2.32. The Morgan fingerprint density at radius 1 is 1.08 bits per heavy atom. The number of nitrogens with zero attached hydrogens (tertiary/aromatic N) is 3. The normalized spacial score (nSPS) is 37.7. The summed E-state index contributed by atoms with van der Waals surface area (Å²) in [6.45, 7) is 0. The third-order valence-electron chi connectivity index (χ3n) is 6.03. The lowest BCUT2D eigenvalue weighted by molar-refractivity contribution is -0.227. The van der Waals surface area contributed by atoms with Crippen molar-refractivity contribution in [2.24, 2.45) is 16.7 Å². The lowest BCUT2D eigenvalue weighted by Crippen LogP contribution is -2.61. The Labute approximate surface area is 145 Å². The summed E-state index contributed by atoms with van der Waals surface area (Å²) in [5.41, 5.74) is -3.96. The molecule has 1 aromatic carbocycles. The molecule has 1 amide bonds. The first-order chi connectivity index (χ1) is 12.1. The van der Waals surface area contributed by atoms with Gasteiger partial charge in [0.25, 0.3) is 0 Å². The average Bonchev–Trinajstić information content (AvgIpc) is 2.87. The largest absolute Gasteiger partial charge is 0.345 e. The van der Waals surface area contributed by atoms with Crippen LogP contribution in [0.25, 0.3) is 0 Å². The Bertz CT molecular complexity index is 848. The standard InChI is InChI=1S/C19H16N4O2/c20-10-17(11-21)15(13-6-2-1-3-7-13)25-19-9-5-4-8-14(19)18(17,12-22)16(24)23-19/h1-3,6-7,14-15H,4-5,8-9H2,(H,23,24)/t14-,15+,18+,19-/m0/s1. The average molecular weight is 332 g/mol. The van der Waals surface area contributed by atoms with Crippen LogP contribution in [0, 0.1) is 50.7 Å². The van der Waals surface area contributed by atoms with E-state index in [0.29, 0.717) is 18.4 Å². The van der Waals surface area contributed by atoms with Crippen LogP contribution in [0.5, 0.6) is 0 Å². The molecule has 0 unspecified atom stereocenters. The van der Waals surface area contributed by atoms with Gasteiger partial charge in [-0.3, -0.25) is 4.79 Å². The Hall–Kier alpha value is -2.88. The summed E-state index contributed by atoms with van der Waals surface area (Å²) < 4.78 is 6.32. The van der Waals surface area contributed by atoms with Gasteiger partial charge < -0.3 is 10.1 Å². The lowest BCUT2D eigenvalue weighted by atomic mass is 9.51. The number of nitriles is 3. The molecule has 1 saturated carbocycles.